The van der Waals surface area contributed by atoms with Crippen LogP contribution in [0.1, 0.15) is 98.6 Å². The van der Waals surface area contributed by atoms with Gasteiger partial charge < -0.3 is 62.2 Å². The molecule has 76 heavy (non-hydrogen) atoms. The van der Waals surface area contributed by atoms with E-state index in [0.29, 0.717) is 52.5 Å². The first-order valence-electron chi connectivity index (χ1n) is 24.3. The second kappa shape index (κ2) is 31.3. The van der Waals surface area contributed by atoms with Gasteiger partial charge in [-0.3, -0.25) is 9.59 Å². The predicted octanol–water partition coefficient (Wildman–Crippen LogP) is 9.36. The van der Waals surface area contributed by atoms with Gasteiger partial charge in [-0.2, -0.15) is 26.3 Å². The Morgan fingerprint density at radius 3 is 1.39 bits per heavy atom. The van der Waals surface area contributed by atoms with E-state index in [1.54, 1.807) is 64.1 Å². The summed E-state index contributed by atoms with van der Waals surface area (Å²) in [6.07, 6.45) is -10.2. The first-order chi connectivity index (χ1) is 36.0. The number of aliphatic hydroxyl groups is 2. The Bertz CT molecular complexity index is 2570. The molecule has 0 radical (unpaired) electrons. The number of likely N-dealkylation sites (N-methyl/N-ethyl adjacent to an activating group) is 2. The minimum Gasteiger partial charge on any atom is -0.450 e. The number of alkyl carbamates (subject to hydrolysis) is 2. The maximum atomic E-state index is 13.4. The van der Waals surface area contributed by atoms with Crippen LogP contribution >= 0.6 is 24.4 Å². The van der Waals surface area contributed by atoms with E-state index in [1.807, 2.05) is 0 Å². The fraction of sp³-hybridized carbons (Fsp3) is 0.423. The van der Waals surface area contributed by atoms with Crippen LogP contribution in [0.25, 0.3) is 0 Å². The smallest absolute Gasteiger partial charge is 0.416 e. The van der Waals surface area contributed by atoms with Gasteiger partial charge in [-0.05, 0) is 98.2 Å². The maximum absolute atomic E-state index is 13.4. The Balaban J connectivity index is 0.000000400. The second-order valence-corrected chi connectivity index (χ2v) is 17.9. The maximum Gasteiger partial charge on any atom is 0.416 e. The van der Waals surface area contributed by atoms with Crippen molar-refractivity contribution in [2.24, 2.45) is 0 Å². The fourth-order valence-electron chi connectivity index (χ4n) is 7.61. The molecule has 10 N–H and O–H groups in total. The van der Waals surface area contributed by atoms with Crippen LogP contribution < -0.4 is 32.7 Å². The molecule has 2 atom stereocenters. The first kappa shape index (κ1) is 63.5. The highest BCUT2D eigenvalue weighted by Crippen LogP contribution is 2.36. The van der Waals surface area contributed by atoms with Crippen molar-refractivity contribution in [3.63, 3.8) is 0 Å². The van der Waals surface area contributed by atoms with E-state index < -0.39 is 47.5 Å². The van der Waals surface area contributed by atoms with Gasteiger partial charge in [0, 0.05) is 65.0 Å². The predicted molar refractivity (Wildman–Crippen MR) is 287 cm³/mol. The number of nitrogens with one attached hydrogen (secondary N) is 4. The van der Waals surface area contributed by atoms with Crippen molar-refractivity contribution in [3.05, 3.63) is 118 Å². The number of nitrogens with zero attached hydrogens (tertiary/aromatic N) is 2. The number of carbonyl (C=O) groups is 4. The number of rotatable bonds is 24. The number of nitrogen functional groups attached to an aromatic ring is 2. The Hall–Kier alpha value is -6.76. The minimum atomic E-state index is -4.54. The van der Waals surface area contributed by atoms with Crippen molar-refractivity contribution < 1.29 is 65.2 Å². The highest BCUT2D eigenvalue weighted by molar-refractivity contribution is 7.80. The van der Waals surface area contributed by atoms with Crippen molar-refractivity contribution in [2.75, 3.05) is 74.7 Å². The van der Waals surface area contributed by atoms with E-state index in [0.717, 1.165) is 29.8 Å². The zero-order valence-electron chi connectivity index (χ0n) is 42.6. The molecular weight excluding hydrogens is 1040 g/mol. The Kier molecular flexibility index (Phi) is 26.2. The number of anilines is 4. The molecule has 0 bridgehead atoms. The molecule has 0 fully saturated rings. The van der Waals surface area contributed by atoms with Crippen LogP contribution in [-0.4, -0.2) is 107 Å². The first-order valence-corrected chi connectivity index (χ1v) is 25.1. The van der Waals surface area contributed by atoms with E-state index in [1.165, 1.54) is 34.1 Å². The summed E-state index contributed by atoms with van der Waals surface area (Å²) in [5, 5.41) is 29.7. The number of aliphatic hydroxyl groups excluding tert-OH is 2. The SMILES string of the molecule is CCOC(=O)NCc1ccc(N)c(NC(=S)CC(CC(=O)N(CC)CCO)c2cccc(C(F)(F)F)c2)c1.CCOC(=O)NCc1ccc(NC(=S)CC(CC(=O)N(CC)CCO)c2cccc(C(F)(F)F)c2)c(N)c1. The van der Waals surface area contributed by atoms with Crippen LogP contribution in [0.3, 0.4) is 0 Å². The number of hydrogen-bond acceptors (Lipinski definition) is 12. The minimum absolute atomic E-state index is 0.0732. The van der Waals surface area contributed by atoms with Gasteiger partial charge in [0.05, 0.1) is 70.3 Å². The number of halogens is 6. The van der Waals surface area contributed by atoms with Crippen LogP contribution in [0.5, 0.6) is 0 Å². The Morgan fingerprint density at radius 1 is 0.579 bits per heavy atom. The summed E-state index contributed by atoms with van der Waals surface area (Å²) in [6, 6.07) is 19.8. The molecule has 0 spiro atoms. The van der Waals surface area contributed by atoms with Crippen molar-refractivity contribution in [1.82, 2.24) is 20.4 Å². The quantitative estimate of drug-likeness (QED) is 0.0186. The van der Waals surface area contributed by atoms with Crippen molar-refractivity contribution >= 4 is 81.2 Å². The number of benzene rings is 4. The number of thiocarbonyl (C=S) groups is 2. The molecule has 416 valence electrons. The van der Waals surface area contributed by atoms with Crippen molar-refractivity contribution in [1.29, 1.82) is 0 Å². The molecule has 2 unspecified atom stereocenters. The third-order valence-electron chi connectivity index (χ3n) is 11.5. The molecule has 0 aliphatic rings. The topological polar surface area (TPSA) is 234 Å². The highest BCUT2D eigenvalue weighted by atomic mass is 32.1. The van der Waals surface area contributed by atoms with Gasteiger partial charge in [0.25, 0.3) is 0 Å². The fourth-order valence-corrected chi connectivity index (χ4v) is 8.24. The highest BCUT2D eigenvalue weighted by Gasteiger charge is 2.33. The van der Waals surface area contributed by atoms with Gasteiger partial charge in [-0.1, -0.05) is 73.0 Å². The van der Waals surface area contributed by atoms with Crippen LogP contribution in [0, 0.1) is 0 Å². The van der Waals surface area contributed by atoms with E-state index in [4.69, 9.17) is 45.4 Å². The summed E-state index contributed by atoms with van der Waals surface area (Å²) in [5.41, 5.74) is 14.3. The average molecular weight is 1110 g/mol. The van der Waals surface area contributed by atoms with Crippen LogP contribution in [0.4, 0.5) is 58.7 Å². The number of amides is 4. The standard InChI is InChI=1S/2C26H33F3N4O4S/c1-3-33(10-11-34)24(35)15-19(18-6-5-7-20(13-18)26(27,28)29)14-23(38)32-22-9-8-17(12-21(22)30)16-31-25(36)37-4-2;1-3-33(10-11-34)24(35)15-19(18-6-5-7-20(13-18)26(27,28)29)14-23(38)32-22-12-17(8-9-21(22)30)16-31-25(36)37-4-2/h2*5-9,12-13,19,34H,3-4,10-11,14-16,30H2,1-2H3,(H,31,36)(H,32,38). The monoisotopic (exact) mass is 1110 g/mol. The zero-order chi connectivity index (χ0) is 56.6. The summed E-state index contributed by atoms with van der Waals surface area (Å²) in [4.78, 5) is 52.3. The Labute approximate surface area is 448 Å². The van der Waals surface area contributed by atoms with Gasteiger partial charge in [0.2, 0.25) is 11.8 Å². The lowest BCUT2D eigenvalue weighted by Crippen LogP contribution is -2.34. The van der Waals surface area contributed by atoms with Crippen molar-refractivity contribution in [3.8, 4) is 0 Å². The lowest BCUT2D eigenvalue weighted by atomic mass is 9.90. The lowest BCUT2D eigenvalue weighted by Gasteiger charge is -2.25. The summed E-state index contributed by atoms with van der Waals surface area (Å²) in [6.45, 7) is 8.27. The van der Waals surface area contributed by atoms with Gasteiger partial charge in [0.15, 0.2) is 0 Å². The van der Waals surface area contributed by atoms with E-state index in [-0.39, 0.29) is 100 Å². The molecule has 4 aromatic carbocycles. The van der Waals surface area contributed by atoms with Gasteiger partial charge >= 0.3 is 24.5 Å². The average Bonchev–Trinajstić information content (AvgIpc) is 3.37. The molecule has 0 heterocycles. The van der Waals surface area contributed by atoms with E-state index >= 15 is 0 Å². The van der Waals surface area contributed by atoms with E-state index in [9.17, 15) is 55.7 Å². The molecule has 16 nitrogen and oxygen atoms in total. The van der Waals surface area contributed by atoms with Gasteiger partial charge in [-0.15, -0.1) is 0 Å². The third kappa shape index (κ3) is 21.5. The second-order valence-electron chi connectivity index (χ2n) is 16.9. The molecule has 0 saturated heterocycles. The van der Waals surface area contributed by atoms with Crippen LogP contribution in [0.2, 0.25) is 0 Å². The van der Waals surface area contributed by atoms with Crippen LogP contribution in [0.15, 0.2) is 84.9 Å². The molecule has 0 aliphatic heterocycles. The largest absolute Gasteiger partial charge is 0.450 e. The van der Waals surface area contributed by atoms with E-state index in [2.05, 4.69) is 21.3 Å². The van der Waals surface area contributed by atoms with Gasteiger partial charge in [0.1, 0.15) is 0 Å². The molecule has 0 saturated carbocycles. The Morgan fingerprint density at radius 2 is 1.00 bits per heavy atom. The van der Waals surface area contributed by atoms with Crippen LogP contribution in [-0.2, 0) is 44.5 Å². The number of carbonyl (C=O) groups excluding carboxylic acids is 4. The molecule has 0 aromatic heterocycles. The molecule has 4 aromatic rings. The summed E-state index contributed by atoms with van der Waals surface area (Å²) < 4.78 is 89.9. The lowest BCUT2D eigenvalue weighted by molar-refractivity contribution is -0.138. The van der Waals surface area contributed by atoms with Crippen molar-refractivity contribution in [2.45, 2.75) is 90.7 Å². The molecule has 4 rings (SSSR count). The molecule has 0 aliphatic carbocycles. The summed E-state index contributed by atoms with van der Waals surface area (Å²) in [7, 11) is 0. The molecule has 4 amide bonds. The number of hydrogen-bond donors (Lipinski definition) is 8. The number of alkyl halides is 6. The number of nitrogens with two attached hydrogens (primary N) is 2. The summed E-state index contributed by atoms with van der Waals surface area (Å²) >= 11 is 11.0. The van der Waals surface area contributed by atoms with Gasteiger partial charge in [-0.25, -0.2) is 9.59 Å². The molecular formula is C52H66F6N8O8S2. The third-order valence-corrected chi connectivity index (χ3v) is 12.0. The zero-order valence-corrected chi connectivity index (χ0v) is 44.2. The normalized spacial score (nSPS) is 11.9. The molecule has 24 heteroatoms. The summed E-state index contributed by atoms with van der Waals surface area (Å²) in [5.74, 6) is -1.91. The number of ether oxygens (including phenoxy) is 2.